The molecular weight excluding hydrogens is 434 g/mol. The van der Waals surface area contributed by atoms with Crippen LogP contribution in [0.5, 0.6) is 0 Å². The van der Waals surface area contributed by atoms with Crippen LogP contribution >= 0.6 is 22.7 Å². The summed E-state index contributed by atoms with van der Waals surface area (Å²) in [6.45, 7) is 4.00. The summed E-state index contributed by atoms with van der Waals surface area (Å²) in [6.07, 6.45) is 1.61. The number of hydrogen-bond donors (Lipinski definition) is 0. The lowest BCUT2D eigenvalue weighted by Crippen LogP contribution is -2.54. The topological polar surface area (TPSA) is 82.8 Å². The Hall–Kier alpha value is -2.56. The summed E-state index contributed by atoms with van der Waals surface area (Å²) in [7, 11) is 0. The first-order valence-electron chi connectivity index (χ1n) is 10.4. The quantitative estimate of drug-likeness (QED) is 0.586. The molecule has 0 saturated carbocycles. The largest absolute Gasteiger partial charge is 0.338 e. The standard InChI is InChI=1S/C21H23N5O3S2/c27-20(15-4-1-7-26(15)21(28)17-6-3-13-31-17)25-10-8-24(9-11-25)14-18-22-19(23-29-18)16-5-2-12-30-16/h2-3,5-6,12-13,15H,1,4,7-11,14H2/t15-/m1/s1. The number of carbonyl (C=O) groups excluding carboxylic acids is 2. The number of carbonyl (C=O) groups is 2. The van der Waals surface area contributed by atoms with Crippen LogP contribution in [-0.4, -0.2) is 75.4 Å². The second-order valence-corrected chi connectivity index (χ2v) is 9.62. The van der Waals surface area contributed by atoms with Crippen molar-refractivity contribution in [3.05, 3.63) is 45.8 Å². The van der Waals surface area contributed by atoms with Gasteiger partial charge in [-0.25, -0.2) is 0 Å². The van der Waals surface area contributed by atoms with Gasteiger partial charge < -0.3 is 14.3 Å². The molecule has 2 saturated heterocycles. The van der Waals surface area contributed by atoms with Crippen molar-refractivity contribution in [1.82, 2.24) is 24.8 Å². The number of hydrogen-bond acceptors (Lipinski definition) is 8. The average Bonchev–Trinajstić information content (AvgIpc) is 3.59. The molecule has 31 heavy (non-hydrogen) atoms. The minimum atomic E-state index is -0.342. The number of nitrogens with zero attached hydrogens (tertiary/aromatic N) is 5. The summed E-state index contributed by atoms with van der Waals surface area (Å²) in [5.74, 6) is 1.25. The molecule has 0 bridgehead atoms. The predicted octanol–water partition coefficient (Wildman–Crippen LogP) is 2.81. The fourth-order valence-corrected chi connectivity index (χ4v) is 5.49. The lowest BCUT2D eigenvalue weighted by Gasteiger charge is -2.36. The van der Waals surface area contributed by atoms with Crippen LogP contribution < -0.4 is 0 Å². The average molecular weight is 458 g/mol. The van der Waals surface area contributed by atoms with E-state index in [2.05, 4.69) is 15.0 Å². The second kappa shape index (κ2) is 8.89. The van der Waals surface area contributed by atoms with E-state index in [1.165, 1.54) is 11.3 Å². The molecule has 2 fully saturated rings. The monoisotopic (exact) mass is 457 g/mol. The molecule has 3 aromatic heterocycles. The minimum Gasteiger partial charge on any atom is -0.338 e. The van der Waals surface area contributed by atoms with Crippen molar-refractivity contribution in [2.24, 2.45) is 0 Å². The summed E-state index contributed by atoms with van der Waals surface area (Å²) in [4.78, 5) is 38.0. The van der Waals surface area contributed by atoms with Gasteiger partial charge in [0.25, 0.3) is 5.91 Å². The third kappa shape index (κ3) is 4.28. The Morgan fingerprint density at radius 1 is 1.06 bits per heavy atom. The summed E-state index contributed by atoms with van der Waals surface area (Å²) in [6, 6.07) is 7.29. The molecule has 8 nitrogen and oxygen atoms in total. The van der Waals surface area contributed by atoms with Crippen molar-refractivity contribution in [2.75, 3.05) is 32.7 Å². The maximum Gasteiger partial charge on any atom is 0.264 e. The van der Waals surface area contributed by atoms with Gasteiger partial charge in [0, 0.05) is 32.7 Å². The molecule has 1 atom stereocenters. The van der Waals surface area contributed by atoms with Gasteiger partial charge in [-0.3, -0.25) is 14.5 Å². The highest BCUT2D eigenvalue weighted by Gasteiger charge is 2.38. The molecule has 0 spiro atoms. The summed E-state index contributed by atoms with van der Waals surface area (Å²) in [5, 5.41) is 7.94. The molecule has 0 N–H and O–H groups in total. The Bertz CT molecular complexity index is 1030. The molecule has 0 radical (unpaired) electrons. The van der Waals surface area contributed by atoms with Gasteiger partial charge in [-0.05, 0) is 35.7 Å². The van der Waals surface area contributed by atoms with Crippen LogP contribution in [0.15, 0.2) is 39.5 Å². The fourth-order valence-electron chi connectivity index (χ4n) is 4.16. The molecule has 10 heteroatoms. The van der Waals surface area contributed by atoms with Crippen molar-refractivity contribution in [3.8, 4) is 10.7 Å². The van der Waals surface area contributed by atoms with E-state index in [1.54, 1.807) is 16.2 Å². The molecule has 5 heterocycles. The zero-order valence-corrected chi connectivity index (χ0v) is 18.6. The molecule has 5 rings (SSSR count). The zero-order chi connectivity index (χ0) is 21.2. The van der Waals surface area contributed by atoms with E-state index in [-0.39, 0.29) is 17.9 Å². The van der Waals surface area contributed by atoms with E-state index in [4.69, 9.17) is 4.52 Å². The number of thiophene rings is 2. The van der Waals surface area contributed by atoms with E-state index in [0.717, 1.165) is 30.8 Å². The number of aromatic nitrogens is 2. The number of rotatable bonds is 5. The Morgan fingerprint density at radius 3 is 2.61 bits per heavy atom. The van der Waals surface area contributed by atoms with E-state index >= 15 is 0 Å². The molecular formula is C21H23N5O3S2. The molecule has 3 aromatic rings. The maximum absolute atomic E-state index is 13.2. The molecule has 0 aliphatic carbocycles. The molecule has 0 unspecified atom stereocenters. The molecule has 162 valence electrons. The van der Waals surface area contributed by atoms with Crippen LogP contribution in [-0.2, 0) is 11.3 Å². The Balaban J connectivity index is 1.16. The van der Waals surface area contributed by atoms with Crippen LogP contribution in [0.25, 0.3) is 10.7 Å². The molecule has 2 amide bonds. The van der Waals surface area contributed by atoms with Gasteiger partial charge in [-0.1, -0.05) is 17.3 Å². The van der Waals surface area contributed by atoms with Gasteiger partial charge >= 0.3 is 0 Å². The number of amides is 2. The van der Waals surface area contributed by atoms with Crippen molar-refractivity contribution in [2.45, 2.75) is 25.4 Å². The predicted molar refractivity (Wildman–Crippen MR) is 118 cm³/mol. The van der Waals surface area contributed by atoms with Crippen LogP contribution in [0.1, 0.15) is 28.4 Å². The first kappa shape index (κ1) is 20.3. The molecule has 0 aromatic carbocycles. The number of likely N-dealkylation sites (tertiary alicyclic amines) is 1. The van der Waals surface area contributed by atoms with Crippen molar-refractivity contribution >= 4 is 34.5 Å². The van der Waals surface area contributed by atoms with Crippen molar-refractivity contribution in [3.63, 3.8) is 0 Å². The first-order chi connectivity index (χ1) is 15.2. The van der Waals surface area contributed by atoms with Gasteiger partial charge in [-0.15, -0.1) is 22.7 Å². The van der Waals surface area contributed by atoms with Crippen LogP contribution in [0.3, 0.4) is 0 Å². The fraction of sp³-hybridized carbons (Fsp3) is 0.429. The highest BCUT2D eigenvalue weighted by atomic mass is 32.1. The third-order valence-electron chi connectivity index (χ3n) is 5.78. The highest BCUT2D eigenvalue weighted by Crippen LogP contribution is 2.25. The Morgan fingerprint density at radius 2 is 1.87 bits per heavy atom. The smallest absolute Gasteiger partial charge is 0.264 e. The van der Waals surface area contributed by atoms with Gasteiger partial charge in [0.15, 0.2) is 0 Å². The van der Waals surface area contributed by atoms with E-state index in [9.17, 15) is 9.59 Å². The number of piperazine rings is 1. The van der Waals surface area contributed by atoms with Crippen molar-refractivity contribution in [1.29, 1.82) is 0 Å². The second-order valence-electron chi connectivity index (χ2n) is 7.72. The zero-order valence-electron chi connectivity index (χ0n) is 17.0. The van der Waals surface area contributed by atoms with Crippen LogP contribution in [0.2, 0.25) is 0 Å². The maximum atomic E-state index is 13.2. The van der Waals surface area contributed by atoms with E-state index in [0.29, 0.717) is 42.8 Å². The van der Waals surface area contributed by atoms with E-state index in [1.807, 2.05) is 39.9 Å². The Labute approximate surface area is 188 Å². The normalized spacial score (nSPS) is 19.8. The SMILES string of the molecule is O=C([C@H]1CCCN1C(=O)c1cccs1)N1CCN(Cc2nc(-c3cccs3)no2)CC1. The van der Waals surface area contributed by atoms with Gasteiger partial charge in [0.05, 0.1) is 16.3 Å². The molecule has 2 aliphatic rings. The minimum absolute atomic E-state index is 0.0255. The van der Waals surface area contributed by atoms with Gasteiger partial charge in [0.1, 0.15) is 6.04 Å². The summed E-state index contributed by atoms with van der Waals surface area (Å²) in [5.41, 5.74) is 0. The van der Waals surface area contributed by atoms with Crippen LogP contribution in [0, 0.1) is 0 Å². The van der Waals surface area contributed by atoms with Gasteiger partial charge in [-0.2, -0.15) is 4.98 Å². The van der Waals surface area contributed by atoms with E-state index < -0.39 is 0 Å². The summed E-state index contributed by atoms with van der Waals surface area (Å²) >= 11 is 3.01. The molecule has 2 aliphatic heterocycles. The lowest BCUT2D eigenvalue weighted by molar-refractivity contribution is -0.137. The highest BCUT2D eigenvalue weighted by molar-refractivity contribution is 7.13. The van der Waals surface area contributed by atoms with Crippen LogP contribution in [0.4, 0.5) is 0 Å². The summed E-state index contributed by atoms with van der Waals surface area (Å²) < 4.78 is 5.40. The Kier molecular flexibility index (Phi) is 5.84. The van der Waals surface area contributed by atoms with Crippen molar-refractivity contribution < 1.29 is 14.1 Å². The first-order valence-corrected chi connectivity index (χ1v) is 12.2. The third-order valence-corrected chi connectivity index (χ3v) is 7.51. The van der Waals surface area contributed by atoms with Gasteiger partial charge in [0.2, 0.25) is 17.6 Å². The lowest BCUT2D eigenvalue weighted by atomic mass is 10.1.